The topological polar surface area (TPSA) is 41.6 Å². The average Bonchev–Trinajstić information content (AvgIpc) is 3.05. The van der Waals surface area contributed by atoms with Crippen molar-refractivity contribution in [2.45, 2.75) is 45.6 Å². The Bertz CT molecular complexity index is 470. The summed E-state index contributed by atoms with van der Waals surface area (Å²) in [7, 11) is 0. The molecule has 1 aliphatic rings. The first kappa shape index (κ1) is 16.8. The Morgan fingerprint density at radius 1 is 1.32 bits per heavy atom. The summed E-state index contributed by atoms with van der Waals surface area (Å²) < 4.78 is 5.81. The van der Waals surface area contributed by atoms with Crippen molar-refractivity contribution in [1.29, 1.82) is 0 Å². The van der Waals surface area contributed by atoms with E-state index in [9.17, 15) is 4.79 Å². The maximum atomic E-state index is 12.1. The van der Waals surface area contributed by atoms with Gasteiger partial charge >= 0.3 is 0 Å². The van der Waals surface area contributed by atoms with Crippen molar-refractivity contribution in [3.8, 4) is 5.75 Å². The van der Waals surface area contributed by atoms with Gasteiger partial charge in [-0.05, 0) is 63.9 Å². The number of benzene rings is 1. The minimum absolute atomic E-state index is 0.0349. The van der Waals surface area contributed by atoms with Crippen molar-refractivity contribution in [3.05, 3.63) is 29.8 Å². The fourth-order valence-electron chi connectivity index (χ4n) is 2.82. The van der Waals surface area contributed by atoms with E-state index in [2.05, 4.69) is 17.1 Å². The van der Waals surface area contributed by atoms with Crippen LogP contribution in [0.15, 0.2) is 24.3 Å². The van der Waals surface area contributed by atoms with Crippen LogP contribution in [0.5, 0.6) is 5.75 Å². The molecule has 1 saturated heterocycles. The molecule has 2 rings (SSSR count). The quantitative estimate of drug-likeness (QED) is 0.751. The van der Waals surface area contributed by atoms with E-state index in [1.807, 2.05) is 31.2 Å². The third-order valence-corrected chi connectivity index (χ3v) is 4.18. The number of para-hydroxylation sites is 1. The maximum absolute atomic E-state index is 12.1. The molecule has 1 aliphatic heterocycles. The fourth-order valence-corrected chi connectivity index (χ4v) is 2.82. The van der Waals surface area contributed by atoms with Crippen LogP contribution in [0.4, 0.5) is 0 Å². The molecule has 1 heterocycles. The summed E-state index contributed by atoms with van der Waals surface area (Å²) in [5.74, 6) is 0.775. The van der Waals surface area contributed by atoms with Crippen molar-refractivity contribution < 1.29 is 9.53 Å². The normalized spacial score (nSPS) is 16.5. The maximum Gasteiger partial charge on any atom is 0.260 e. The third kappa shape index (κ3) is 5.02. The van der Waals surface area contributed by atoms with Crippen molar-refractivity contribution in [3.63, 3.8) is 0 Å². The Kier molecular flexibility index (Phi) is 6.72. The Morgan fingerprint density at radius 3 is 2.77 bits per heavy atom. The summed E-state index contributed by atoms with van der Waals surface area (Å²) in [5, 5.41) is 2.97. The van der Waals surface area contributed by atoms with Gasteiger partial charge in [-0.25, -0.2) is 0 Å². The van der Waals surface area contributed by atoms with E-state index in [0.29, 0.717) is 0 Å². The molecule has 122 valence electrons. The van der Waals surface area contributed by atoms with Crippen molar-refractivity contribution in [1.82, 2.24) is 10.2 Å². The molecule has 1 fully saturated rings. The van der Waals surface area contributed by atoms with Gasteiger partial charge in [-0.15, -0.1) is 0 Å². The van der Waals surface area contributed by atoms with Gasteiger partial charge in [0.05, 0.1) is 0 Å². The second-order valence-electron chi connectivity index (χ2n) is 5.91. The van der Waals surface area contributed by atoms with Crippen LogP contribution in [-0.2, 0) is 11.2 Å². The van der Waals surface area contributed by atoms with Gasteiger partial charge in [-0.1, -0.05) is 25.1 Å². The van der Waals surface area contributed by atoms with Gasteiger partial charge in [-0.2, -0.15) is 0 Å². The predicted octanol–water partition coefficient (Wildman–Crippen LogP) is 2.62. The number of carbonyl (C=O) groups is 1. The lowest BCUT2D eigenvalue weighted by molar-refractivity contribution is -0.127. The van der Waals surface area contributed by atoms with Crippen LogP contribution < -0.4 is 10.1 Å². The molecule has 0 aromatic heterocycles. The zero-order valence-corrected chi connectivity index (χ0v) is 13.8. The molecule has 1 N–H and O–H groups in total. The van der Waals surface area contributed by atoms with Gasteiger partial charge in [-0.3, -0.25) is 4.79 Å². The summed E-state index contributed by atoms with van der Waals surface area (Å²) in [6, 6.07) is 7.90. The largest absolute Gasteiger partial charge is 0.481 e. The van der Waals surface area contributed by atoms with Crippen LogP contribution in [0.25, 0.3) is 0 Å². The van der Waals surface area contributed by atoms with Gasteiger partial charge in [0.25, 0.3) is 5.91 Å². The predicted molar refractivity (Wildman–Crippen MR) is 89.2 cm³/mol. The summed E-state index contributed by atoms with van der Waals surface area (Å²) in [4.78, 5) is 14.6. The zero-order chi connectivity index (χ0) is 15.8. The summed E-state index contributed by atoms with van der Waals surface area (Å²) >= 11 is 0. The Morgan fingerprint density at radius 2 is 2.05 bits per heavy atom. The molecule has 1 amide bonds. The minimum Gasteiger partial charge on any atom is -0.481 e. The zero-order valence-electron chi connectivity index (χ0n) is 13.8. The SMILES string of the molecule is CCc1ccccc1O[C@H](C)C(=O)NCCCN1CCCC1. The number of nitrogens with zero attached hydrogens (tertiary/aromatic N) is 1. The van der Waals surface area contributed by atoms with E-state index < -0.39 is 6.10 Å². The molecule has 22 heavy (non-hydrogen) atoms. The lowest BCUT2D eigenvalue weighted by Crippen LogP contribution is -2.37. The molecular weight excluding hydrogens is 276 g/mol. The van der Waals surface area contributed by atoms with E-state index >= 15 is 0 Å². The first-order valence-electron chi connectivity index (χ1n) is 8.45. The van der Waals surface area contributed by atoms with E-state index in [1.165, 1.54) is 25.9 Å². The van der Waals surface area contributed by atoms with Gasteiger partial charge in [0.15, 0.2) is 6.10 Å². The molecule has 1 aromatic carbocycles. The monoisotopic (exact) mass is 304 g/mol. The van der Waals surface area contributed by atoms with E-state index in [0.717, 1.165) is 37.2 Å². The molecule has 4 nitrogen and oxygen atoms in total. The molecule has 0 bridgehead atoms. The van der Waals surface area contributed by atoms with E-state index in [4.69, 9.17) is 4.74 Å². The number of aryl methyl sites for hydroxylation is 1. The summed E-state index contributed by atoms with van der Waals surface area (Å²) in [6.45, 7) is 8.11. The van der Waals surface area contributed by atoms with Gasteiger partial charge in [0, 0.05) is 6.54 Å². The van der Waals surface area contributed by atoms with Crippen LogP contribution in [-0.4, -0.2) is 43.1 Å². The summed E-state index contributed by atoms with van der Waals surface area (Å²) in [6.07, 6.45) is 4.08. The first-order valence-corrected chi connectivity index (χ1v) is 8.45. The number of carbonyl (C=O) groups excluding carboxylic acids is 1. The Hall–Kier alpha value is -1.55. The highest BCUT2D eigenvalue weighted by atomic mass is 16.5. The Balaban J connectivity index is 1.70. The fraction of sp³-hybridized carbons (Fsp3) is 0.611. The summed E-state index contributed by atoms with van der Waals surface area (Å²) in [5.41, 5.74) is 1.14. The lowest BCUT2D eigenvalue weighted by atomic mass is 10.1. The molecule has 0 aliphatic carbocycles. The Labute approximate surface area is 133 Å². The average molecular weight is 304 g/mol. The molecule has 0 saturated carbocycles. The van der Waals surface area contributed by atoms with Crippen LogP contribution in [0, 0.1) is 0 Å². The van der Waals surface area contributed by atoms with Crippen molar-refractivity contribution in [2.24, 2.45) is 0 Å². The molecule has 1 aromatic rings. The molecular formula is C18H28N2O2. The van der Waals surface area contributed by atoms with Crippen LogP contribution in [0.2, 0.25) is 0 Å². The van der Waals surface area contributed by atoms with Crippen molar-refractivity contribution in [2.75, 3.05) is 26.2 Å². The molecule has 4 heteroatoms. The van der Waals surface area contributed by atoms with Crippen LogP contribution in [0.1, 0.15) is 38.7 Å². The number of likely N-dealkylation sites (tertiary alicyclic amines) is 1. The number of hydrogen-bond acceptors (Lipinski definition) is 3. The molecule has 0 unspecified atom stereocenters. The number of rotatable bonds is 8. The van der Waals surface area contributed by atoms with Gasteiger partial charge < -0.3 is 15.0 Å². The smallest absolute Gasteiger partial charge is 0.260 e. The minimum atomic E-state index is -0.459. The molecule has 0 spiro atoms. The van der Waals surface area contributed by atoms with E-state index in [-0.39, 0.29) is 5.91 Å². The second kappa shape index (κ2) is 8.79. The highest BCUT2D eigenvalue weighted by Crippen LogP contribution is 2.19. The highest BCUT2D eigenvalue weighted by molar-refractivity contribution is 5.80. The highest BCUT2D eigenvalue weighted by Gasteiger charge is 2.16. The van der Waals surface area contributed by atoms with E-state index in [1.54, 1.807) is 0 Å². The number of hydrogen-bond donors (Lipinski definition) is 1. The number of amides is 1. The first-order chi connectivity index (χ1) is 10.7. The van der Waals surface area contributed by atoms with Gasteiger partial charge in [0.1, 0.15) is 5.75 Å². The number of nitrogens with one attached hydrogen (secondary N) is 1. The number of ether oxygens (including phenoxy) is 1. The second-order valence-corrected chi connectivity index (χ2v) is 5.91. The third-order valence-electron chi connectivity index (χ3n) is 4.18. The van der Waals surface area contributed by atoms with Crippen LogP contribution in [0.3, 0.4) is 0 Å². The molecule has 1 atom stereocenters. The lowest BCUT2D eigenvalue weighted by Gasteiger charge is -2.18. The molecule has 0 radical (unpaired) electrons. The van der Waals surface area contributed by atoms with Crippen molar-refractivity contribution >= 4 is 5.91 Å². The van der Waals surface area contributed by atoms with Crippen LogP contribution >= 0.6 is 0 Å². The van der Waals surface area contributed by atoms with Gasteiger partial charge in [0.2, 0.25) is 0 Å². The standard InChI is InChI=1S/C18H28N2O2/c1-3-16-9-4-5-10-17(16)22-15(2)18(21)19-11-8-14-20-12-6-7-13-20/h4-5,9-10,15H,3,6-8,11-14H2,1-2H3,(H,19,21)/t15-/m1/s1.